The van der Waals surface area contributed by atoms with Gasteiger partial charge in [0.05, 0.1) is 17.0 Å². The molecule has 0 radical (unpaired) electrons. The Morgan fingerprint density at radius 2 is 1.93 bits per heavy atom. The second-order valence-electron chi connectivity index (χ2n) is 6.39. The van der Waals surface area contributed by atoms with E-state index in [9.17, 15) is 13.2 Å². The summed E-state index contributed by atoms with van der Waals surface area (Å²) in [4.78, 5) is 13.6. The first-order chi connectivity index (χ1) is 12.6. The van der Waals surface area contributed by atoms with Gasteiger partial charge in [-0.2, -0.15) is 13.2 Å². The van der Waals surface area contributed by atoms with Crippen LogP contribution < -0.4 is 5.49 Å². The number of benzene rings is 1. The van der Waals surface area contributed by atoms with Gasteiger partial charge in [-0.15, -0.1) is 0 Å². The standard InChI is InChI=1S/C19H18BrF3N4/c1-10-14(6-5-7-16(10)19(21,22)23)11(2)25-17-15-8-13(20)9-24-18(15)27(4)12(3)26-17/h5-9,11H,1-4H3/t11-/m1/s1. The van der Waals surface area contributed by atoms with Crippen LogP contribution in [0.25, 0.3) is 11.0 Å². The van der Waals surface area contributed by atoms with E-state index in [4.69, 9.17) is 0 Å². The lowest BCUT2D eigenvalue weighted by atomic mass is 9.97. The van der Waals surface area contributed by atoms with E-state index in [1.807, 2.05) is 24.6 Å². The number of nitrogens with zero attached hydrogens (tertiary/aromatic N) is 4. The third-order valence-electron chi connectivity index (χ3n) is 4.59. The molecule has 142 valence electrons. The number of alkyl halides is 3. The molecule has 0 bridgehead atoms. The second kappa shape index (κ2) is 7.07. The van der Waals surface area contributed by atoms with Gasteiger partial charge in [0, 0.05) is 17.7 Å². The Hall–Kier alpha value is -2.22. The highest BCUT2D eigenvalue weighted by molar-refractivity contribution is 9.10. The molecular weight excluding hydrogens is 421 g/mol. The predicted molar refractivity (Wildman–Crippen MR) is 101 cm³/mol. The minimum Gasteiger partial charge on any atom is -0.317 e. The number of rotatable bonds is 2. The molecule has 0 spiro atoms. The summed E-state index contributed by atoms with van der Waals surface area (Å²) >= 11 is 3.40. The number of aryl methyl sites for hydroxylation is 2. The summed E-state index contributed by atoms with van der Waals surface area (Å²) in [6.07, 6.45) is -2.71. The maximum absolute atomic E-state index is 13.2. The molecule has 3 aromatic rings. The Morgan fingerprint density at radius 3 is 2.59 bits per heavy atom. The van der Waals surface area contributed by atoms with Gasteiger partial charge >= 0.3 is 6.18 Å². The maximum Gasteiger partial charge on any atom is 0.416 e. The summed E-state index contributed by atoms with van der Waals surface area (Å²) in [5.74, 6) is 0.712. The Labute approximate surface area is 162 Å². The summed E-state index contributed by atoms with van der Waals surface area (Å²) in [5, 5.41) is 0.731. The Morgan fingerprint density at radius 1 is 1.22 bits per heavy atom. The van der Waals surface area contributed by atoms with Crippen molar-refractivity contribution in [3.63, 3.8) is 0 Å². The van der Waals surface area contributed by atoms with Crippen LogP contribution in [0.3, 0.4) is 0 Å². The van der Waals surface area contributed by atoms with E-state index in [1.54, 1.807) is 19.2 Å². The molecule has 0 aliphatic carbocycles. The molecule has 0 N–H and O–H groups in total. The van der Waals surface area contributed by atoms with E-state index in [1.165, 1.54) is 13.0 Å². The summed E-state index contributed by atoms with van der Waals surface area (Å²) in [6.45, 7) is 5.08. The van der Waals surface area contributed by atoms with Gasteiger partial charge in [0.2, 0.25) is 0 Å². The van der Waals surface area contributed by atoms with Crippen LogP contribution in [0.1, 0.15) is 35.5 Å². The highest BCUT2D eigenvalue weighted by atomic mass is 79.9. The highest BCUT2D eigenvalue weighted by Gasteiger charge is 2.33. The SMILES string of the molecule is Cc1c([C@@H](C)N=c2nc(C)n(C)c3ncc(Br)cc23)cccc1C(F)(F)F. The molecule has 4 nitrogen and oxygen atoms in total. The lowest BCUT2D eigenvalue weighted by molar-refractivity contribution is -0.138. The van der Waals surface area contributed by atoms with Gasteiger partial charge in [-0.25, -0.2) is 9.97 Å². The molecule has 0 unspecified atom stereocenters. The Kier molecular flexibility index (Phi) is 5.12. The highest BCUT2D eigenvalue weighted by Crippen LogP contribution is 2.35. The molecule has 1 aromatic carbocycles. The van der Waals surface area contributed by atoms with Crippen LogP contribution in [0, 0.1) is 13.8 Å². The fourth-order valence-corrected chi connectivity index (χ4v) is 3.40. The molecule has 8 heteroatoms. The van der Waals surface area contributed by atoms with Gasteiger partial charge in [0.25, 0.3) is 0 Å². The topological polar surface area (TPSA) is 43.1 Å². The van der Waals surface area contributed by atoms with E-state index < -0.39 is 17.8 Å². The minimum absolute atomic E-state index is 0.183. The number of hydrogen-bond acceptors (Lipinski definition) is 3. The van der Waals surface area contributed by atoms with Crippen molar-refractivity contribution in [3.8, 4) is 0 Å². The zero-order chi connectivity index (χ0) is 19.9. The van der Waals surface area contributed by atoms with E-state index in [-0.39, 0.29) is 5.56 Å². The van der Waals surface area contributed by atoms with Crippen LogP contribution in [0.5, 0.6) is 0 Å². The van der Waals surface area contributed by atoms with Gasteiger partial charge < -0.3 is 4.57 Å². The number of hydrogen-bond donors (Lipinski definition) is 0. The average molecular weight is 439 g/mol. The summed E-state index contributed by atoms with van der Waals surface area (Å²) in [5.41, 5.74) is 1.23. The van der Waals surface area contributed by atoms with Gasteiger partial charge in [-0.1, -0.05) is 12.1 Å². The van der Waals surface area contributed by atoms with Crippen molar-refractivity contribution in [2.45, 2.75) is 33.0 Å². The molecule has 0 aliphatic rings. The van der Waals surface area contributed by atoms with Crippen LogP contribution in [0.15, 0.2) is 39.9 Å². The van der Waals surface area contributed by atoms with Crippen LogP contribution in [-0.2, 0) is 13.2 Å². The van der Waals surface area contributed by atoms with Crippen molar-refractivity contribution in [1.29, 1.82) is 0 Å². The Balaban J connectivity index is 2.21. The first-order valence-corrected chi connectivity index (χ1v) is 9.08. The quantitative estimate of drug-likeness (QED) is 0.563. The molecule has 0 fully saturated rings. The van der Waals surface area contributed by atoms with Gasteiger partial charge in [-0.3, -0.25) is 4.99 Å². The first-order valence-electron chi connectivity index (χ1n) is 8.29. The predicted octanol–water partition coefficient (Wildman–Crippen LogP) is 5.03. The molecule has 0 saturated carbocycles. The summed E-state index contributed by atoms with van der Waals surface area (Å²) in [6, 6.07) is 5.54. The molecule has 0 saturated heterocycles. The Bertz CT molecular complexity index is 1090. The van der Waals surface area contributed by atoms with Crippen molar-refractivity contribution in [2.75, 3.05) is 0 Å². The van der Waals surface area contributed by atoms with Gasteiger partial charge in [-0.05, 0) is 60.0 Å². The third kappa shape index (κ3) is 3.76. The van der Waals surface area contributed by atoms with Crippen LogP contribution in [0.2, 0.25) is 0 Å². The molecule has 3 rings (SSSR count). The maximum atomic E-state index is 13.2. The fourth-order valence-electron chi connectivity index (χ4n) is 3.07. The monoisotopic (exact) mass is 438 g/mol. The zero-order valence-corrected chi connectivity index (χ0v) is 16.9. The van der Waals surface area contributed by atoms with E-state index in [0.29, 0.717) is 22.5 Å². The van der Waals surface area contributed by atoms with Crippen molar-refractivity contribution in [2.24, 2.45) is 12.0 Å². The molecule has 2 heterocycles. The summed E-state index contributed by atoms with van der Waals surface area (Å²) < 4.78 is 42.3. The van der Waals surface area contributed by atoms with Crippen molar-refractivity contribution < 1.29 is 13.2 Å². The minimum atomic E-state index is -4.39. The van der Waals surface area contributed by atoms with Crippen molar-refractivity contribution >= 4 is 27.0 Å². The first kappa shape index (κ1) is 19.5. The number of halogens is 4. The largest absolute Gasteiger partial charge is 0.416 e. The zero-order valence-electron chi connectivity index (χ0n) is 15.3. The van der Waals surface area contributed by atoms with Gasteiger partial charge in [0.15, 0.2) is 5.49 Å². The lowest BCUT2D eigenvalue weighted by Gasteiger charge is -2.16. The van der Waals surface area contributed by atoms with E-state index >= 15 is 0 Å². The second-order valence-corrected chi connectivity index (χ2v) is 7.30. The molecule has 2 aromatic heterocycles. The number of aromatic nitrogens is 3. The van der Waals surface area contributed by atoms with Crippen LogP contribution in [-0.4, -0.2) is 14.5 Å². The van der Waals surface area contributed by atoms with Crippen LogP contribution >= 0.6 is 15.9 Å². The summed E-state index contributed by atoms with van der Waals surface area (Å²) in [7, 11) is 1.86. The van der Waals surface area contributed by atoms with Gasteiger partial charge in [0.1, 0.15) is 11.5 Å². The molecule has 1 atom stereocenters. The van der Waals surface area contributed by atoms with Crippen LogP contribution in [0.4, 0.5) is 13.2 Å². The molecule has 27 heavy (non-hydrogen) atoms. The third-order valence-corrected chi connectivity index (χ3v) is 5.03. The smallest absolute Gasteiger partial charge is 0.317 e. The number of fused-ring (bicyclic) bond motifs is 1. The number of pyridine rings is 1. The molecule has 0 amide bonds. The van der Waals surface area contributed by atoms with E-state index in [2.05, 4.69) is 30.9 Å². The van der Waals surface area contributed by atoms with Crippen molar-refractivity contribution in [1.82, 2.24) is 14.5 Å². The molecular formula is C19H18BrF3N4. The normalized spacial score (nSPS) is 14.0. The lowest BCUT2D eigenvalue weighted by Crippen LogP contribution is -2.19. The van der Waals surface area contributed by atoms with Crippen molar-refractivity contribution in [3.05, 3.63) is 62.9 Å². The molecule has 0 aliphatic heterocycles. The fraction of sp³-hybridized carbons (Fsp3) is 0.316. The van der Waals surface area contributed by atoms with E-state index in [0.717, 1.165) is 15.9 Å². The average Bonchev–Trinajstić information content (AvgIpc) is 2.58.